The molecule has 1 heterocycles. The van der Waals surface area contributed by atoms with Crippen molar-refractivity contribution in [1.82, 2.24) is 4.57 Å². The van der Waals surface area contributed by atoms with Crippen LogP contribution >= 0.6 is 0 Å². The van der Waals surface area contributed by atoms with Crippen LogP contribution < -0.4 is 11.5 Å². The summed E-state index contributed by atoms with van der Waals surface area (Å²) in [6.07, 6.45) is 25.5. The molecule has 2 aliphatic rings. The highest BCUT2D eigenvalue weighted by Crippen LogP contribution is 2.46. The lowest BCUT2D eigenvalue weighted by molar-refractivity contribution is 0.833. The van der Waals surface area contributed by atoms with E-state index in [9.17, 15) is 0 Å². The number of hydrogen-bond donors (Lipinski definition) is 2. The van der Waals surface area contributed by atoms with Gasteiger partial charge in [-0.3, -0.25) is 0 Å². The van der Waals surface area contributed by atoms with E-state index >= 15 is 0 Å². The minimum atomic E-state index is -0.513. The van der Waals surface area contributed by atoms with E-state index in [-0.39, 0.29) is 0 Å². The van der Waals surface area contributed by atoms with Crippen molar-refractivity contribution in [1.29, 1.82) is 0 Å². The average Bonchev–Trinajstić information content (AvgIpc) is 3.48. The molecule has 4 N–H and O–H groups in total. The van der Waals surface area contributed by atoms with Crippen LogP contribution in [-0.2, 0) is 19.4 Å². The van der Waals surface area contributed by atoms with Gasteiger partial charge in [0.05, 0.1) is 11.7 Å². The molecular formula is C36H41N3. The molecule has 0 bridgehead atoms. The molecule has 0 spiro atoms. The molecule has 3 nitrogen and oxygen atoms in total. The zero-order chi connectivity index (χ0) is 27.4. The average molecular weight is 516 g/mol. The summed E-state index contributed by atoms with van der Waals surface area (Å²) in [5.74, 6) is 0. The summed E-state index contributed by atoms with van der Waals surface area (Å²) in [6, 6.07) is 11.3. The maximum absolute atomic E-state index is 6.01. The molecule has 3 heteroatoms. The summed E-state index contributed by atoms with van der Waals surface area (Å²) in [5, 5.41) is 2.64. The summed E-state index contributed by atoms with van der Waals surface area (Å²) in [5.41, 5.74) is 24.2. The number of nitrogens with zero attached hydrogens (tertiary/aromatic N) is 1. The number of aromatic nitrogens is 1. The van der Waals surface area contributed by atoms with Crippen molar-refractivity contribution in [2.75, 3.05) is 0 Å². The summed E-state index contributed by atoms with van der Waals surface area (Å²) < 4.78 is 2.55. The largest absolute Gasteiger partial charge is 0.336 e. The smallest absolute Gasteiger partial charge is 0.0781 e. The molecule has 2 aliphatic carbocycles. The van der Waals surface area contributed by atoms with E-state index < -0.39 is 6.17 Å². The molecule has 5 rings (SSSR count). The molecule has 39 heavy (non-hydrogen) atoms. The van der Waals surface area contributed by atoms with Crippen LogP contribution in [0.4, 0.5) is 0 Å². The first kappa shape index (κ1) is 26.9. The maximum Gasteiger partial charge on any atom is 0.0781 e. The van der Waals surface area contributed by atoms with Crippen molar-refractivity contribution in [2.45, 2.75) is 65.1 Å². The van der Waals surface area contributed by atoms with Crippen LogP contribution in [0, 0.1) is 0 Å². The van der Waals surface area contributed by atoms with Crippen molar-refractivity contribution in [3.63, 3.8) is 0 Å². The van der Waals surface area contributed by atoms with Gasteiger partial charge in [0.2, 0.25) is 0 Å². The van der Waals surface area contributed by atoms with Gasteiger partial charge < -0.3 is 16.0 Å². The fourth-order valence-corrected chi connectivity index (χ4v) is 6.22. The van der Waals surface area contributed by atoms with E-state index in [1.807, 2.05) is 0 Å². The van der Waals surface area contributed by atoms with Crippen molar-refractivity contribution < 1.29 is 0 Å². The second-order valence-electron chi connectivity index (χ2n) is 10.6. The first-order valence-corrected chi connectivity index (χ1v) is 14.3. The lowest BCUT2D eigenvalue weighted by Crippen LogP contribution is -2.31. The van der Waals surface area contributed by atoms with Gasteiger partial charge in [0.25, 0.3) is 0 Å². The highest BCUT2D eigenvalue weighted by atomic mass is 15.0. The monoisotopic (exact) mass is 515 g/mol. The van der Waals surface area contributed by atoms with Crippen molar-refractivity contribution >= 4 is 27.4 Å². The molecule has 3 aromatic rings. The summed E-state index contributed by atoms with van der Waals surface area (Å²) in [4.78, 5) is 0. The van der Waals surface area contributed by atoms with Crippen LogP contribution in [0.15, 0.2) is 108 Å². The van der Waals surface area contributed by atoms with Crippen LogP contribution in [-0.4, -0.2) is 10.7 Å². The Labute approximate surface area is 233 Å². The van der Waals surface area contributed by atoms with E-state index in [2.05, 4.69) is 104 Å². The molecule has 200 valence electrons. The Morgan fingerprint density at radius 3 is 2.72 bits per heavy atom. The maximum atomic E-state index is 6.01. The lowest BCUT2D eigenvalue weighted by atomic mass is 9.93. The molecule has 0 saturated heterocycles. The Morgan fingerprint density at radius 2 is 1.95 bits per heavy atom. The quantitative estimate of drug-likeness (QED) is 0.162. The topological polar surface area (TPSA) is 57.0 Å². The Kier molecular flexibility index (Phi) is 8.30. The second-order valence-corrected chi connectivity index (χ2v) is 10.6. The Hall–Kier alpha value is -3.66. The summed E-state index contributed by atoms with van der Waals surface area (Å²) >= 11 is 0. The molecular weight excluding hydrogens is 474 g/mol. The van der Waals surface area contributed by atoms with E-state index in [1.54, 1.807) is 11.6 Å². The standard InChI is InChI=1S/C36H41N3/c1-4-7-8-14-25(13-5-2)21-22-39-33-18-12-11-17-30(33)32-24-28(20-19-26(6-3)36(37)38)31-23-27-15-9-10-16-29(27)34(31)35(32)39/h4-7,10-13,16-19,21,24,36H,3,8-9,14-15,20,22-23,37-38H2,1-2H3/b7-4-,13-5-,25-21+,26-19+. The van der Waals surface area contributed by atoms with Gasteiger partial charge in [-0.2, -0.15) is 0 Å². The van der Waals surface area contributed by atoms with Gasteiger partial charge in [-0.1, -0.05) is 90.6 Å². The molecule has 0 fully saturated rings. The normalized spacial score (nSPS) is 16.0. The van der Waals surface area contributed by atoms with Gasteiger partial charge in [0, 0.05) is 28.4 Å². The molecule has 0 saturated carbocycles. The number of para-hydroxylation sites is 1. The third-order valence-electron chi connectivity index (χ3n) is 8.12. The predicted octanol–water partition coefficient (Wildman–Crippen LogP) is 8.21. The number of allylic oxidation sites excluding steroid dienone is 11. The predicted molar refractivity (Wildman–Crippen MR) is 170 cm³/mol. The number of fused-ring (bicyclic) bond motifs is 6. The first-order chi connectivity index (χ1) is 19.1. The molecule has 0 atom stereocenters. The SMILES string of the molecule is C=C/C(=C\Cc1cc2c3ccccc3n(C/C=C(\C=C/C)CC/C=C\C)c2c2c1CC1=C2C=CCC1)C(N)N. The molecule has 1 aromatic heterocycles. The number of nitrogens with two attached hydrogens (primary N) is 2. The van der Waals surface area contributed by atoms with Gasteiger partial charge in [-0.05, 0) is 86.8 Å². The highest BCUT2D eigenvalue weighted by Gasteiger charge is 2.28. The van der Waals surface area contributed by atoms with E-state index in [0.29, 0.717) is 0 Å². The molecule has 0 unspecified atom stereocenters. The minimum absolute atomic E-state index is 0.513. The molecule has 0 radical (unpaired) electrons. The molecule has 2 aromatic carbocycles. The van der Waals surface area contributed by atoms with Crippen molar-refractivity contribution in [3.05, 3.63) is 125 Å². The zero-order valence-electron chi connectivity index (χ0n) is 23.4. The highest BCUT2D eigenvalue weighted by molar-refractivity contribution is 6.13. The first-order valence-electron chi connectivity index (χ1n) is 14.3. The Morgan fingerprint density at radius 1 is 1.10 bits per heavy atom. The van der Waals surface area contributed by atoms with Gasteiger partial charge in [0.15, 0.2) is 0 Å². The fraction of sp³-hybridized carbons (Fsp3) is 0.278. The van der Waals surface area contributed by atoms with Gasteiger partial charge in [0.1, 0.15) is 0 Å². The summed E-state index contributed by atoms with van der Waals surface area (Å²) in [7, 11) is 0. The van der Waals surface area contributed by atoms with Crippen LogP contribution in [0.5, 0.6) is 0 Å². The van der Waals surface area contributed by atoms with Gasteiger partial charge in [-0.25, -0.2) is 0 Å². The fourth-order valence-electron chi connectivity index (χ4n) is 6.22. The molecule has 0 amide bonds. The Balaban J connectivity index is 1.72. The number of benzene rings is 2. The molecule has 0 aliphatic heterocycles. The second kappa shape index (κ2) is 12.0. The Bertz CT molecular complexity index is 1580. The van der Waals surface area contributed by atoms with Crippen LogP contribution in [0.1, 0.15) is 56.2 Å². The minimum Gasteiger partial charge on any atom is -0.336 e. The van der Waals surface area contributed by atoms with Gasteiger partial charge in [-0.15, -0.1) is 0 Å². The van der Waals surface area contributed by atoms with Crippen LogP contribution in [0.3, 0.4) is 0 Å². The number of rotatable bonds is 10. The van der Waals surface area contributed by atoms with Crippen molar-refractivity contribution in [2.24, 2.45) is 11.5 Å². The lowest BCUT2D eigenvalue weighted by Gasteiger charge is -2.15. The van der Waals surface area contributed by atoms with Crippen molar-refractivity contribution in [3.8, 4) is 0 Å². The van der Waals surface area contributed by atoms with E-state index in [1.165, 1.54) is 49.6 Å². The third kappa shape index (κ3) is 5.30. The number of hydrogen-bond acceptors (Lipinski definition) is 2. The van der Waals surface area contributed by atoms with Gasteiger partial charge >= 0.3 is 0 Å². The third-order valence-corrected chi connectivity index (χ3v) is 8.12. The van der Waals surface area contributed by atoms with E-state index in [0.717, 1.165) is 50.6 Å². The van der Waals surface area contributed by atoms with Crippen LogP contribution in [0.25, 0.3) is 27.4 Å². The summed E-state index contributed by atoms with van der Waals surface area (Å²) in [6.45, 7) is 8.97. The van der Waals surface area contributed by atoms with Crippen LogP contribution in [0.2, 0.25) is 0 Å². The van der Waals surface area contributed by atoms with E-state index in [4.69, 9.17) is 11.5 Å². The zero-order valence-corrected chi connectivity index (χ0v) is 23.4.